The largest absolute Gasteiger partial charge is 0.494 e. The first-order valence-corrected chi connectivity index (χ1v) is 7.30. The predicted molar refractivity (Wildman–Crippen MR) is 84.5 cm³/mol. The fraction of sp³-hybridized carbons (Fsp3) is 0.278. The molecule has 110 valence electrons. The van der Waals surface area contributed by atoms with E-state index >= 15 is 0 Å². The Morgan fingerprint density at radius 3 is 2.24 bits per heavy atom. The van der Waals surface area contributed by atoms with E-state index in [-0.39, 0.29) is 5.91 Å². The summed E-state index contributed by atoms with van der Waals surface area (Å²) in [6.45, 7) is 5.87. The maximum Gasteiger partial charge on any atom is 0.254 e. The topological polar surface area (TPSA) is 29.5 Å². The highest BCUT2D eigenvalue weighted by atomic mass is 16.5. The fourth-order valence-electron chi connectivity index (χ4n) is 2.17. The summed E-state index contributed by atoms with van der Waals surface area (Å²) in [5.41, 5.74) is 1.83. The van der Waals surface area contributed by atoms with E-state index in [2.05, 4.69) is 0 Å². The molecule has 0 unspecified atom stereocenters. The Morgan fingerprint density at radius 1 is 1.00 bits per heavy atom. The van der Waals surface area contributed by atoms with Gasteiger partial charge >= 0.3 is 0 Å². The molecule has 0 aliphatic rings. The summed E-state index contributed by atoms with van der Waals surface area (Å²) >= 11 is 0. The van der Waals surface area contributed by atoms with Gasteiger partial charge in [0.1, 0.15) is 5.75 Å². The van der Waals surface area contributed by atoms with Gasteiger partial charge in [-0.1, -0.05) is 30.3 Å². The van der Waals surface area contributed by atoms with Gasteiger partial charge in [-0.15, -0.1) is 0 Å². The third kappa shape index (κ3) is 4.09. The van der Waals surface area contributed by atoms with E-state index < -0.39 is 0 Å². The zero-order chi connectivity index (χ0) is 15.1. The smallest absolute Gasteiger partial charge is 0.254 e. The molecule has 0 atom stereocenters. The third-order valence-corrected chi connectivity index (χ3v) is 3.30. The Hall–Kier alpha value is -2.29. The van der Waals surface area contributed by atoms with Crippen LogP contribution in [0.3, 0.4) is 0 Å². The molecule has 0 heterocycles. The first kappa shape index (κ1) is 15.1. The molecule has 2 rings (SSSR count). The fourth-order valence-corrected chi connectivity index (χ4v) is 2.17. The van der Waals surface area contributed by atoms with E-state index in [1.165, 1.54) is 0 Å². The van der Waals surface area contributed by atoms with Crippen LogP contribution in [0.25, 0.3) is 0 Å². The Morgan fingerprint density at radius 2 is 1.67 bits per heavy atom. The Labute approximate surface area is 126 Å². The summed E-state index contributed by atoms with van der Waals surface area (Å²) in [6.07, 6.45) is 0. The lowest BCUT2D eigenvalue weighted by Crippen LogP contribution is -2.30. The molecule has 2 aromatic carbocycles. The van der Waals surface area contributed by atoms with Gasteiger partial charge in [-0.25, -0.2) is 0 Å². The highest BCUT2D eigenvalue weighted by molar-refractivity contribution is 5.94. The summed E-state index contributed by atoms with van der Waals surface area (Å²) in [5, 5.41) is 0. The molecule has 0 bridgehead atoms. The molecule has 3 nitrogen and oxygen atoms in total. The number of rotatable bonds is 6. The van der Waals surface area contributed by atoms with Crippen molar-refractivity contribution in [2.45, 2.75) is 20.4 Å². The molecule has 0 N–H and O–H groups in total. The maximum atomic E-state index is 12.5. The SMILES string of the molecule is CCOc1ccc(C(=O)N(CC)Cc2ccccc2)cc1. The van der Waals surface area contributed by atoms with Crippen molar-refractivity contribution in [1.82, 2.24) is 4.90 Å². The maximum absolute atomic E-state index is 12.5. The number of benzene rings is 2. The van der Waals surface area contributed by atoms with E-state index in [0.29, 0.717) is 25.3 Å². The average Bonchev–Trinajstić information content (AvgIpc) is 2.54. The zero-order valence-electron chi connectivity index (χ0n) is 12.6. The molecular formula is C18H21NO2. The van der Waals surface area contributed by atoms with Crippen LogP contribution in [0.1, 0.15) is 29.8 Å². The monoisotopic (exact) mass is 283 g/mol. The lowest BCUT2D eigenvalue weighted by Gasteiger charge is -2.21. The van der Waals surface area contributed by atoms with Gasteiger partial charge in [0.05, 0.1) is 6.61 Å². The van der Waals surface area contributed by atoms with Gasteiger partial charge in [0.2, 0.25) is 0 Å². The number of carbonyl (C=O) groups is 1. The van der Waals surface area contributed by atoms with Crippen LogP contribution in [-0.2, 0) is 6.54 Å². The quantitative estimate of drug-likeness (QED) is 0.808. The van der Waals surface area contributed by atoms with Gasteiger partial charge in [0, 0.05) is 18.7 Å². The molecule has 0 aliphatic carbocycles. The minimum absolute atomic E-state index is 0.0457. The molecular weight excluding hydrogens is 262 g/mol. The molecule has 0 aliphatic heterocycles. The van der Waals surface area contributed by atoms with E-state index in [1.54, 1.807) is 0 Å². The third-order valence-electron chi connectivity index (χ3n) is 3.30. The van der Waals surface area contributed by atoms with Crippen LogP contribution in [-0.4, -0.2) is 24.0 Å². The highest BCUT2D eigenvalue weighted by Crippen LogP contribution is 2.15. The average molecular weight is 283 g/mol. The first-order chi connectivity index (χ1) is 10.2. The van der Waals surface area contributed by atoms with Crippen LogP contribution < -0.4 is 4.74 Å². The number of carbonyl (C=O) groups excluding carboxylic acids is 1. The number of hydrogen-bond donors (Lipinski definition) is 0. The molecule has 3 heteroatoms. The number of nitrogens with zero attached hydrogens (tertiary/aromatic N) is 1. The molecule has 0 saturated heterocycles. The van der Waals surface area contributed by atoms with E-state index in [0.717, 1.165) is 11.3 Å². The van der Waals surface area contributed by atoms with Crippen LogP contribution in [0, 0.1) is 0 Å². The molecule has 0 aromatic heterocycles. The van der Waals surface area contributed by atoms with E-state index in [9.17, 15) is 4.79 Å². The van der Waals surface area contributed by atoms with Crippen LogP contribution in [0.15, 0.2) is 54.6 Å². The van der Waals surface area contributed by atoms with E-state index in [1.807, 2.05) is 73.3 Å². The van der Waals surface area contributed by atoms with Crippen molar-refractivity contribution in [3.05, 3.63) is 65.7 Å². The molecule has 21 heavy (non-hydrogen) atoms. The summed E-state index contributed by atoms with van der Waals surface area (Å²) in [6, 6.07) is 17.4. The lowest BCUT2D eigenvalue weighted by molar-refractivity contribution is 0.0752. The molecule has 2 aromatic rings. The lowest BCUT2D eigenvalue weighted by atomic mass is 10.1. The van der Waals surface area contributed by atoms with Crippen molar-refractivity contribution in [1.29, 1.82) is 0 Å². The van der Waals surface area contributed by atoms with E-state index in [4.69, 9.17) is 4.74 Å². The number of hydrogen-bond acceptors (Lipinski definition) is 2. The molecule has 1 amide bonds. The Kier molecular flexibility index (Phi) is 5.38. The van der Waals surface area contributed by atoms with Crippen molar-refractivity contribution >= 4 is 5.91 Å². The van der Waals surface area contributed by atoms with Gasteiger partial charge in [-0.05, 0) is 43.7 Å². The van der Waals surface area contributed by atoms with Crippen molar-refractivity contribution < 1.29 is 9.53 Å². The second-order valence-corrected chi connectivity index (χ2v) is 4.76. The zero-order valence-corrected chi connectivity index (χ0v) is 12.6. The number of ether oxygens (including phenoxy) is 1. The van der Waals surface area contributed by atoms with Crippen LogP contribution in [0.5, 0.6) is 5.75 Å². The first-order valence-electron chi connectivity index (χ1n) is 7.30. The van der Waals surface area contributed by atoms with Crippen LogP contribution >= 0.6 is 0 Å². The summed E-state index contributed by atoms with van der Waals surface area (Å²) in [5.74, 6) is 0.838. The van der Waals surface area contributed by atoms with Crippen molar-refractivity contribution in [3.63, 3.8) is 0 Å². The molecule has 0 saturated carbocycles. The van der Waals surface area contributed by atoms with Crippen molar-refractivity contribution in [2.24, 2.45) is 0 Å². The van der Waals surface area contributed by atoms with Crippen molar-refractivity contribution in [3.8, 4) is 5.75 Å². The molecule has 0 spiro atoms. The second-order valence-electron chi connectivity index (χ2n) is 4.76. The Balaban J connectivity index is 2.08. The highest BCUT2D eigenvalue weighted by Gasteiger charge is 2.14. The summed E-state index contributed by atoms with van der Waals surface area (Å²) < 4.78 is 5.40. The normalized spacial score (nSPS) is 10.2. The van der Waals surface area contributed by atoms with Gasteiger partial charge < -0.3 is 9.64 Å². The minimum Gasteiger partial charge on any atom is -0.494 e. The summed E-state index contributed by atoms with van der Waals surface area (Å²) in [7, 11) is 0. The second kappa shape index (κ2) is 7.48. The predicted octanol–water partition coefficient (Wildman–Crippen LogP) is 3.75. The Bertz CT molecular complexity index is 564. The minimum atomic E-state index is 0.0457. The van der Waals surface area contributed by atoms with Crippen LogP contribution in [0.4, 0.5) is 0 Å². The van der Waals surface area contributed by atoms with Crippen molar-refractivity contribution in [2.75, 3.05) is 13.2 Å². The number of amides is 1. The summed E-state index contributed by atoms with van der Waals surface area (Å²) in [4.78, 5) is 14.4. The van der Waals surface area contributed by atoms with Crippen LogP contribution in [0.2, 0.25) is 0 Å². The molecule has 0 radical (unpaired) electrons. The van der Waals surface area contributed by atoms with Gasteiger partial charge in [-0.2, -0.15) is 0 Å². The van der Waals surface area contributed by atoms with Gasteiger partial charge in [0.25, 0.3) is 5.91 Å². The van der Waals surface area contributed by atoms with Gasteiger partial charge in [-0.3, -0.25) is 4.79 Å². The van der Waals surface area contributed by atoms with Gasteiger partial charge in [0.15, 0.2) is 0 Å². The molecule has 0 fully saturated rings. The standard InChI is InChI=1S/C18H21NO2/c1-3-19(14-15-8-6-5-7-9-15)18(20)16-10-12-17(13-11-16)21-4-2/h5-13H,3-4,14H2,1-2H3.